The van der Waals surface area contributed by atoms with E-state index in [-0.39, 0.29) is 154 Å². The van der Waals surface area contributed by atoms with E-state index in [0.29, 0.717) is 0 Å². The summed E-state index contributed by atoms with van der Waals surface area (Å²) in [5.41, 5.74) is -1.36. The molecule has 0 amide bonds. The van der Waals surface area contributed by atoms with Crippen LogP contribution in [-0.2, 0) is 31.2 Å². The summed E-state index contributed by atoms with van der Waals surface area (Å²) in [4.78, 5) is 31.3. The van der Waals surface area contributed by atoms with Gasteiger partial charge in [0.05, 0.1) is 17.9 Å². The molecule has 0 bridgehead atoms. The van der Waals surface area contributed by atoms with Crippen LogP contribution >= 0.6 is 0 Å². The van der Waals surface area contributed by atoms with Crippen LogP contribution in [0.15, 0.2) is 72.8 Å². The third-order valence-corrected chi connectivity index (χ3v) is 5.08. The summed E-state index contributed by atoms with van der Waals surface area (Å²) in [6.07, 6.45) is 0. The van der Waals surface area contributed by atoms with E-state index in [9.17, 15) is 55.0 Å². The summed E-state index contributed by atoms with van der Waals surface area (Å²) in [6, 6.07) is 14.7. The van der Waals surface area contributed by atoms with Crippen LogP contribution in [0.1, 0.15) is 31.1 Å². The summed E-state index contributed by atoms with van der Waals surface area (Å²) < 4.78 is 98.7. The molecule has 0 atom stereocenters. The fraction of sp³-hybridized carbons (Fsp3) is 0. The Morgan fingerprint density at radius 3 is 0.778 bits per heavy atom. The first-order chi connectivity index (χ1) is 19.2. The standard InChI is InChI=1S/3C7H6O6S.3K/c3*8-7(9)5-3-1-2-4-6(5)13-14(10,11)12;;;/h3*1-4H,(H,8,9)(H,10,11,12);;;/q;;;3*+1/p-3. The summed E-state index contributed by atoms with van der Waals surface area (Å²) in [6.45, 7) is 0. The van der Waals surface area contributed by atoms with Gasteiger partial charge in [-0.05, 0) is 36.4 Å². The maximum absolute atomic E-state index is 10.4. The second-order valence-corrected chi connectivity index (χ2v) is 9.95. The van der Waals surface area contributed by atoms with Gasteiger partial charge in [0.1, 0.15) is 0 Å². The Balaban J connectivity index is -0.000000569. The predicted octanol–water partition coefficient (Wildman–Crippen LogP) is -11.3. The van der Waals surface area contributed by atoms with E-state index in [0.717, 1.165) is 36.4 Å². The number of rotatable bonds is 9. The van der Waals surface area contributed by atoms with E-state index in [1.165, 1.54) is 36.4 Å². The van der Waals surface area contributed by atoms with Crippen molar-refractivity contribution in [1.29, 1.82) is 0 Å². The van der Waals surface area contributed by atoms with Crippen molar-refractivity contribution in [3.8, 4) is 17.2 Å². The Morgan fingerprint density at radius 1 is 0.444 bits per heavy atom. The number of para-hydroxylation sites is 3. The number of benzene rings is 3. The first-order valence-electron chi connectivity index (χ1n) is 10.1. The molecule has 0 heterocycles. The molecule has 18 nitrogen and oxygen atoms in total. The van der Waals surface area contributed by atoms with Crippen molar-refractivity contribution in [1.82, 2.24) is 0 Å². The molecular formula is C21H15K3O18S3. The van der Waals surface area contributed by atoms with Gasteiger partial charge in [-0.15, -0.1) is 0 Å². The molecule has 0 aliphatic rings. The smallest absolute Gasteiger partial charge is 0.545 e. The van der Waals surface area contributed by atoms with Gasteiger partial charge >= 0.3 is 185 Å². The average molecular weight is 769 g/mol. The van der Waals surface area contributed by atoms with Crippen LogP contribution in [0.3, 0.4) is 0 Å². The maximum Gasteiger partial charge on any atom is 1.00 e. The molecule has 0 fully saturated rings. The van der Waals surface area contributed by atoms with Crippen LogP contribution in [0.2, 0.25) is 0 Å². The quantitative estimate of drug-likeness (QED) is 0.134. The van der Waals surface area contributed by atoms with Gasteiger partial charge in [0.2, 0.25) is 0 Å². The fourth-order valence-corrected chi connectivity index (χ4v) is 3.58. The number of carboxylic acids is 3. The van der Waals surface area contributed by atoms with Crippen LogP contribution in [0.4, 0.5) is 0 Å². The average Bonchev–Trinajstić information content (AvgIpc) is 2.82. The molecule has 0 spiro atoms. The number of aromatic carboxylic acids is 3. The minimum atomic E-state index is -4.72. The number of carboxylic acid groups (broad SMARTS) is 3. The van der Waals surface area contributed by atoms with Gasteiger partial charge in [-0.25, -0.2) is 0 Å². The Kier molecular flexibility index (Phi) is 25.0. The van der Waals surface area contributed by atoms with Crippen molar-refractivity contribution in [2.24, 2.45) is 0 Å². The minimum absolute atomic E-state index is 0. The van der Waals surface area contributed by atoms with Gasteiger partial charge in [0, 0.05) is 16.7 Å². The van der Waals surface area contributed by atoms with Crippen molar-refractivity contribution in [2.45, 2.75) is 0 Å². The molecule has 0 saturated heterocycles. The molecule has 3 aromatic carbocycles. The molecule has 0 aliphatic carbocycles. The Hall–Kier alpha value is 0.109. The minimum Gasteiger partial charge on any atom is -0.545 e. The zero-order chi connectivity index (χ0) is 32.3. The van der Waals surface area contributed by atoms with E-state index in [4.69, 9.17) is 13.7 Å². The summed E-state index contributed by atoms with van der Waals surface area (Å²) in [7, 11) is -14.2. The fourth-order valence-electron chi connectivity index (χ4n) is 2.46. The Morgan fingerprint density at radius 2 is 0.622 bits per heavy atom. The van der Waals surface area contributed by atoms with E-state index >= 15 is 0 Å². The summed E-state index contributed by atoms with van der Waals surface area (Å²) in [5, 5.41) is 31.3. The number of carbonyl (C=O) groups excluding carboxylic acids is 3. The van der Waals surface area contributed by atoms with Gasteiger partial charge in [-0.1, -0.05) is 36.4 Å². The van der Waals surface area contributed by atoms with E-state index in [2.05, 4.69) is 12.5 Å². The van der Waals surface area contributed by atoms with E-state index in [1.807, 2.05) is 0 Å². The van der Waals surface area contributed by atoms with Crippen LogP contribution in [0.25, 0.3) is 0 Å². The monoisotopic (exact) mass is 768 g/mol. The molecular weight excluding hydrogens is 754 g/mol. The van der Waals surface area contributed by atoms with E-state index in [1.54, 1.807) is 0 Å². The molecule has 0 unspecified atom stereocenters. The van der Waals surface area contributed by atoms with Gasteiger partial charge < -0.3 is 42.3 Å². The largest absolute Gasteiger partial charge is 1.00 e. The van der Waals surface area contributed by atoms with Crippen LogP contribution in [-0.4, -0.2) is 56.8 Å². The molecule has 0 aliphatic heterocycles. The van der Waals surface area contributed by atoms with Gasteiger partial charge in [0.25, 0.3) is 0 Å². The molecule has 0 radical (unpaired) electrons. The number of hydrogen-bond acceptors (Lipinski definition) is 15. The van der Waals surface area contributed by atoms with E-state index < -0.39 is 83.0 Å². The zero-order valence-corrected chi connectivity index (χ0v) is 34.9. The van der Waals surface area contributed by atoms with Crippen molar-refractivity contribution < 1.29 is 235 Å². The second-order valence-electron chi connectivity index (χ2n) is 6.88. The topological polar surface area (TPSA) is 311 Å². The second kappa shape index (κ2) is 22.7. The van der Waals surface area contributed by atoms with Crippen molar-refractivity contribution in [3.63, 3.8) is 0 Å². The normalized spacial score (nSPS) is 10.2. The van der Waals surface area contributed by atoms with Crippen molar-refractivity contribution in [2.75, 3.05) is 0 Å². The molecule has 0 aromatic heterocycles. The molecule has 3 rings (SSSR count). The molecule has 0 saturated carbocycles. The molecule has 3 aromatic rings. The van der Waals surface area contributed by atoms with Gasteiger partial charge in [0.15, 0.2) is 17.2 Å². The van der Waals surface area contributed by atoms with Gasteiger partial charge in [-0.2, -0.15) is 25.3 Å². The van der Waals surface area contributed by atoms with Crippen molar-refractivity contribution >= 4 is 49.1 Å². The first kappa shape index (κ1) is 49.5. The molecule has 24 heteroatoms. The van der Waals surface area contributed by atoms with Crippen molar-refractivity contribution in [3.05, 3.63) is 89.5 Å². The van der Waals surface area contributed by atoms with Gasteiger partial charge in [-0.3, -0.25) is 13.7 Å². The van der Waals surface area contributed by atoms with Crippen LogP contribution < -0.4 is 182 Å². The Labute approximate surface area is 383 Å². The summed E-state index contributed by atoms with van der Waals surface area (Å²) in [5.74, 6) is -6.25. The molecule has 228 valence electrons. The predicted molar refractivity (Wildman–Crippen MR) is 129 cm³/mol. The van der Waals surface area contributed by atoms with Crippen LogP contribution in [0.5, 0.6) is 17.2 Å². The molecule has 3 N–H and O–H groups in total. The maximum atomic E-state index is 10.4. The number of carbonyl (C=O) groups is 3. The third kappa shape index (κ3) is 21.6. The zero-order valence-electron chi connectivity index (χ0n) is 23.1. The number of hydrogen-bond donors (Lipinski definition) is 3. The summed E-state index contributed by atoms with van der Waals surface area (Å²) >= 11 is 0. The van der Waals surface area contributed by atoms with Crippen LogP contribution in [0, 0.1) is 0 Å². The molecule has 45 heavy (non-hydrogen) atoms. The Bertz CT molecular complexity index is 1570. The third-order valence-electron chi connectivity index (χ3n) is 3.91. The SMILES string of the molecule is O=C([O-])c1ccccc1OS(=O)(=O)O.O=C([O-])c1ccccc1OS(=O)(=O)O.O=C([O-])c1ccccc1OS(=O)(=O)O.[K+].[K+].[K+]. The first-order valence-corrected chi connectivity index (χ1v) is 14.2.